The molecule has 0 aliphatic rings. The van der Waals surface area contributed by atoms with Gasteiger partial charge in [0.05, 0.1) is 110 Å². The molecule has 32 rings (SSSR count). The van der Waals surface area contributed by atoms with Gasteiger partial charge in [0.15, 0.2) is 0 Å². The van der Waals surface area contributed by atoms with E-state index in [4.69, 9.17) is 19.9 Å². The molecule has 0 spiro atoms. The van der Waals surface area contributed by atoms with Crippen molar-refractivity contribution in [3.63, 3.8) is 0 Å². The fourth-order valence-corrected chi connectivity index (χ4v) is 22.7. The Labute approximate surface area is 775 Å². The van der Waals surface area contributed by atoms with Gasteiger partial charge in [-0.2, -0.15) is 0 Å². The van der Waals surface area contributed by atoms with Crippen molar-refractivity contribution < 1.29 is 0 Å². The van der Waals surface area contributed by atoms with Crippen LogP contribution in [0.5, 0.6) is 0 Å². The van der Waals surface area contributed by atoms with E-state index in [9.17, 15) is 0 Å². The summed E-state index contributed by atoms with van der Waals surface area (Å²) in [6, 6.07) is 164. The lowest BCUT2D eigenvalue weighted by Crippen LogP contribution is -1.96. The minimum Gasteiger partial charge on any atom is -0.309 e. The molecule has 0 fully saturated rings. The lowest BCUT2D eigenvalue weighted by atomic mass is 10.00. The zero-order valence-corrected chi connectivity index (χ0v) is 73.2. The van der Waals surface area contributed by atoms with Crippen LogP contribution in [0.4, 0.5) is 0 Å². The summed E-state index contributed by atoms with van der Waals surface area (Å²) in [5.41, 5.74) is 31.8. The van der Waals surface area contributed by atoms with Crippen LogP contribution < -0.4 is 0 Å². The Morgan fingerprint density at radius 3 is 0.831 bits per heavy atom. The second kappa shape index (κ2) is 29.5. The van der Waals surface area contributed by atoms with E-state index in [1.807, 2.05) is 0 Å². The van der Waals surface area contributed by atoms with Crippen molar-refractivity contribution in [3.05, 3.63) is 461 Å². The largest absolute Gasteiger partial charge is 0.309 e. The van der Waals surface area contributed by atoms with Crippen LogP contribution in [0.15, 0.2) is 461 Å². The van der Waals surface area contributed by atoms with E-state index in [0.717, 1.165) is 66.7 Å². The summed E-state index contributed by atoms with van der Waals surface area (Å²) in [5.74, 6) is 0. The molecule has 32 aromatic rings. The summed E-state index contributed by atoms with van der Waals surface area (Å²) in [4.78, 5) is 20.5. The number of aromatic nitrogens is 12. The van der Waals surface area contributed by atoms with Crippen LogP contribution >= 0.6 is 0 Å². The fraction of sp³-hybridized carbons (Fsp3) is 0. The van der Waals surface area contributed by atoms with Gasteiger partial charge < -0.3 is 18.3 Å². The van der Waals surface area contributed by atoms with Crippen molar-refractivity contribution in [1.82, 2.24) is 55.8 Å². The van der Waals surface area contributed by atoms with Crippen molar-refractivity contribution in [2.75, 3.05) is 0 Å². The summed E-state index contributed by atoms with van der Waals surface area (Å²) < 4.78 is 18.8. The summed E-state index contributed by atoms with van der Waals surface area (Å²) >= 11 is 0. The summed E-state index contributed by atoms with van der Waals surface area (Å²) in [6.07, 6.45) is 0. The molecule has 12 aromatic heterocycles. The molecule has 12 heteroatoms. The molecule has 0 atom stereocenters. The maximum absolute atomic E-state index is 5.19. The average Bonchev–Trinajstić information content (AvgIpc) is 1.57. The molecule has 20 aromatic carbocycles. The summed E-state index contributed by atoms with van der Waals surface area (Å²) in [5, 5.41) is 24.7. The number of para-hydroxylation sites is 20. The fourth-order valence-electron chi connectivity index (χ4n) is 22.7. The van der Waals surface area contributed by atoms with Gasteiger partial charge in [0, 0.05) is 120 Å². The zero-order chi connectivity index (χ0) is 88.9. The van der Waals surface area contributed by atoms with Gasteiger partial charge in [-0.05, 0) is 193 Å². The van der Waals surface area contributed by atoms with Crippen molar-refractivity contribution in [2.24, 2.45) is 0 Å². The van der Waals surface area contributed by atoms with Crippen LogP contribution in [-0.4, -0.2) is 55.8 Å². The molecule has 0 unspecified atom stereocenters. The van der Waals surface area contributed by atoms with E-state index in [1.54, 1.807) is 0 Å². The van der Waals surface area contributed by atoms with Crippen LogP contribution in [0, 0.1) is 0 Å². The van der Waals surface area contributed by atoms with E-state index in [0.29, 0.717) is 0 Å². The van der Waals surface area contributed by atoms with Crippen LogP contribution in [0.1, 0.15) is 0 Å². The monoisotopic (exact) mass is 1730 g/mol. The van der Waals surface area contributed by atoms with E-state index < -0.39 is 0 Å². The second-order valence-corrected chi connectivity index (χ2v) is 35.4. The number of pyridine rings is 4. The highest BCUT2D eigenvalue weighted by atomic mass is 15.1. The lowest BCUT2D eigenvalue weighted by molar-refractivity contribution is 1.18. The van der Waals surface area contributed by atoms with Crippen molar-refractivity contribution in [2.45, 2.75) is 0 Å². The number of nitrogens with zero attached hydrogens (tertiary/aromatic N) is 12. The molecule has 0 N–H and O–H groups in total. The van der Waals surface area contributed by atoms with E-state index in [-0.39, 0.29) is 0 Å². The Kier molecular flexibility index (Phi) is 16.3. The van der Waals surface area contributed by atoms with Gasteiger partial charge in [0.25, 0.3) is 0 Å². The molecule has 632 valence electrons. The number of imidazole rings is 4. The predicted octanol–water partition coefficient (Wildman–Crippen LogP) is 31.6. The van der Waals surface area contributed by atoms with Crippen LogP contribution in [0.3, 0.4) is 0 Å². The average molecular weight is 1730 g/mol. The van der Waals surface area contributed by atoms with Gasteiger partial charge in [0.2, 0.25) is 0 Å². The molecular formula is C124H76N12. The van der Waals surface area contributed by atoms with E-state index in [1.165, 1.54) is 197 Å². The third-order valence-corrected chi connectivity index (χ3v) is 28.3. The Morgan fingerprint density at radius 2 is 0.390 bits per heavy atom. The standard InChI is InChI=1S/4C31H19N3/c1-2-10-20(11-3-1)33-27-15-7-5-13-22(27)24-18-25-23(19-30(24)33)21-12-4-8-16-28(21)34-29-17-9-6-14-26(29)32-31(25)34;1-2-10-20(11-3-1)33-25-15-7-5-13-22(25)30-28(33)19-18-23-29(30)21-12-4-8-16-26(21)34-27-17-9-6-14-24(27)32-31(23)34;1-2-10-20(11-3-1)33-26-15-7-4-12-21(26)22-18-19-24-29(30(22)33)23-13-5-8-16-27(23)34-28-17-9-6-14-25(28)32-31(24)34;1-2-10-20(11-3-1)33-26-16-8-5-13-23(26)29-28(33)19-18-22-21-12-4-7-15-25(21)34-27-17-9-6-14-24(27)32-31(34)30(22)29/h4*1-19H. The number of hydrogen-bond donors (Lipinski definition) is 0. The van der Waals surface area contributed by atoms with Gasteiger partial charge >= 0.3 is 0 Å². The van der Waals surface area contributed by atoms with Crippen LogP contribution in [-0.2, 0) is 0 Å². The maximum Gasteiger partial charge on any atom is 0.147 e. The van der Waals surface area contributed by atoms with Gasteiger partial charge in [-0.15, -0.1) is 0 Å². The number of hydrogen-bond acceptors (Lipinski definition) is 4. The Bertz CT molecular complexity index is 10500. The molecule has 12 heterocycles. The molecule has 0 bridgehead atoms. The molecule has 0 saturated heterocycles. The lowest BCUT2D eigenvalue weighted by Gasteiger charge is -2.13. The molecular weight excluding hydrogens is 1660 g/mol. The SMILES string of the molecule is c1ccc(-n2c3ccccc3c3c4c(ccc32)c2ccccc2n2c3ccccc3nc42)cc1.c1ccc(-n2c3ccccc3c3c4c5ccccc5n5c6ccccc6nc5c4ccc32)cc1.c1ccc(-n2c3ccccc3c3cc4c(cc32)c2ccccc2n2c3ccccc3nc42)cc1.c1ccc(-n2c3ccccc3c3ccc4c(c5ccccc5n5c6ccccc6nc45)c32)cc1. The van der Waals surface area contributed by atoms with Crippen molar-refractivity contribution in [3.8, 4) is 22.7 Å². The molecule has 0 saturated carbocycles. The zero-order valence-electron chi connectivity index (χ0n) is 73.2. The smallest absolute Gasteiger partial charge is 0.147 e. The van der Waals surface area contributed by atoms with Gasteiger partial charge in [-0.3, -0.25) is 17.6 Å². The highest BCUT2D eigenvalue weighted by molar-refractivity contribution is 6.33. The predicted molar refractivity (Wildman–Crippen MR) is 568 cm³/mol. The number of rotatable bonds is 4. The third kappa shape index (κ3) is 10.9. The molecule has 0 amide bonds. The highest BCUT2D eigenvalue weighted by Gasteiger charge is 2.27. The first-order valence-corrected chi connectivity index (χ1v) is 46.4. The third-order valence-electron chi connectivity index (χ3n) is 28.3. The maximum atomic E-state index is 5.19. The first-order valence-electron chi connectivity index (χ1n) is 46.4. The highest BCUT2D eigenvalue weighted by Crippen LogP contribution is 2.48. The molecule has 12 nitrogen and oxygen atoms in total. The van der Waals surface area contributed by atoms with E-state index >= 15 is 0 Å². The minimum atomic E-state index is 1.00. The molecule has 0 aliphatic carbocycles. The quantitative estimate of drug-likeness (QED) is 0.164. The second-order valence-electron chi connectivity index (χ2n) is 35.4. The van der Waals surface area contributed by atoms with Crippen molar-refractivity contribution >= 4 is 241 Å². The number of benzene rings is 20. The first kappa shape index (κ1) is 75.3. The first-order chi connectivity index (χ1) is 67.6. The Morgan fingerprint density at radius 1 is 0.125 bits per heavy atom. The molecule has 136 heavy (non-hydrogen) atoms. The molecule has 0 aliphatic heterocycles. The Hall–Kier alpha value is -18.5. The Balaban J connectivity index is 0.0000000879. The summed E-state index contributed by atoms with van der Waals surface area (Å²) in [7, 11) is 0. The summed E-state index contributed by atoms with van der Waals surface area (Å²) in [6.45, 7) is 0. The van der Waals surface area contributed by atoms with E-state index in [2.05, 4.69) is 497 Å². The van der Waals surface area contributed by atoms with Gasteiger partial charge in [0.1, 0.15) is 22.6 Å². The van der Waals surface area contributed by atoms with Crippen LogP contribution in [0.2, 0.25) is 0 Å². The van der Waals surface area contributed by atoms with Gasteiger partial charge in [-0.25, -0.2) is 19.9 Å². The normalized spacial score (nSPS) is 12.1. The topological polar surface area (TPSA) is 88.9 Å². The van der Waals surface area contributed by atoms with Crippen LogP contribution in [0.25, 0.3) is 263 Å². The molecule has 0 radical (unpaired) electrons. The minimum absolute atomic E-state index is 1.00. The number of fused-ring (bicyclic) bond motifs is 47. The van der Waals surface area contributed by atoms with Gasteiger partial charge in [-0.1, -0.05) is 279 Å². The van der Waals surface area contributed by atoms with Crippen molar-refractivity contribution in [1.29, 1.82) is 0 Å².